The van der Waals surface area contributed by atoms with Gasteiger partial charge in [-0.1, -0.05) is 20.8 Å². The van der Waals surface area contributed by atoms with Crippen LogP contribution in [0.1, 0.15) is 220 Å². The second-order valence-corrected chi connectivity index (χ2v) is 42.4. The van der Waals surface area contributed by atoms with Crippen molar-refractivity contribution in [1.82, 2.24) is 83.7 Å². The van der Waals surface area contributed by atoms with Crippen LogP contribution in [0, 0.1) is 5.41 Å². The van der Waals surface area contributed by atoms with E-state index in [0.717, 1.165) is 70.6 Å². The summed E-state index contributed by atoms with van der Waals surface area (Å²) in [5.74, 6) is 0. The molecule has 0 spiro atoms. The van der Waals surface area contributed by atoms with Crippen LogP contribution in [0.3, 0.4) is 0 Å². The van der Waals surface area contributed by atoms with Gasteiger partial charge in [0.05, 0.1) is 13.2 Å². The van der Waals surface area contributed by atoms with Gasteiger partial charge in [-0.05, 0) is 282 Å². The molecule has 18 nitrogen and oxygen atoms in total. The molecule has 0 amide bonds. The summed E-state index contributed by atoms with van der Waals surface area (Å²) in [4.78, 5) is 39.6. The Labute approximate surface area is 645 Å². The number of fused-ring (bicyclic) bond motifs is 3. The quantitative estimate of drug-likeness (QED) is 0.263. The zero-order valence-corrected chi connectivity index (χ0v) is 77.1. The lowest BCUT2D eigenvalue weighted by atomic mass is 9.96. The third kappa shape index (κ3) is 43.6. The first-order chi connectivity index (χ1) is 46.7. The van der Waals surface area contributed by atoms with Gasteiger partial charge in [0.15, 0.2) is 0 Å². The van der Waals surface area contributed by atoms with Crippen molar-refractivity contribution in [2.24, 2.45) is 5.41 Å². The highest BCUT2D eigenvalue weighted by atomic mass is 16.5. The number of likely N-dealkylation sites (N-methyl/N-ethyl adjacent to an activating group) is 8. The molecule has 9 fully saturated rings. The van der Waals surface area contributed by atoms with Crippen LogP contribution in [0.2, 0.25) is 0 Å². The fourth-order valence-corrected chi connectivity index (χ4v) is 14.8. The normalized spacial score (nSPS) is 25.4. The summed E-state index contributed by atoms with van der Waals surface area (Å²) >= 11 is 0. The van der Waals surface area contributed by atoms with Crippen molar-refractivity contribution in [2.75, 3.05) is 260 Å². The molecule has 5 atom stereocenters. The molecule has 9 heterocycles. The van der Waals surface area contributed by atoms with Crippen molar-refractivity contribution in [2.45, 2.75) is 295 Å². The van der Waals surface area contributed by atoms with Gasteiger partial charge in [0, 0.05) is 245 Å². The van der Waals surface area contributed by atoms with Crippen molar-refractivity contribution in [1.29, 1.82) is 0 Å². The maximum absolute atomic E-state index is 5.25. The maximum atomic E-state index is 5.25. The highest BCUT2D eigenvalue weighted by Crippen LogP contribution is 2.34. The Bertz CT molecular complexity index is 2130. The van der Waals surface area contributed by atoms with Gasteiger partial charge in [-0.25, -0.2) is 0 Å². The molecule has 9 rings (SSSR count). The van der Waals surface area contributed by atoms with Crippen LogP contribution < -0.4 is 5.32 Å². The summed E-state index contributed by atoms with van der Waals surface area (Å²) in [5.41, 5.74) is 3.12. The Morgan fingerprint density at radius 1 is 0.369 bits per heavy atom. The summed E-state index contributed by atoms with van der Waals surface area (Å²) in [6.07, 6.45) is 4.24. The molecule has 9 saturated heterocycles. The lowest BCUT2D eigenvalue weighted by Crippen LogP contribution is -2.57. The number of hydrogen-bond donors (Lipinski definition) is 1. The van der Waals surface area contributed by atoms with E-state index >= 15 is 0 Å². The molecule has 0 saturated carbocycles. The van der Waals surface area contributed by atoms with E-state index in [0.29, 0.717) is 56.3 Å². The number of rotatable bonds is 7. The molecule has 0 aromatic heterocycles. The lowest BCUT2D eigenvalue weighted by Gasteiger charge is -2.45. The highest BCUT2D eigenvalue weighted by Gasteiger charge is 2.45. The van der Waals surface area contributed by atoms with Crippen LogP contribution in [0.4, 0.5) is 0 Å². The summed E-state index contributed by atoms with van der Waals surface area (Å²) in [5, 5.41) is 3.41. The van der Waals surface area contributed by atoms with Crippen LogP contribution >= 0.6 is 0 Å². The molecule has 618 valence electrons. The van der Waals surface area contributed by atoms with Crippen LogP contribution in [0.25, 0.3) is 0 Å². The monoisotopic (exact) mass is 1460 g/mol. The van der Waals surface area contributed by atoms with Gasteiger partial charge in [0.2, 0.25) is 0 Å². The third-order valence-corrected chi connectivity index (χ3v) is 22.5. The third-order valence-electron chi connectivity index (χ3n) is 22.5. The Hall–Kier alpha value is -0.720. The fourth-order valence-electron chi connectivity index (χ4n) is 14.8. The number of nitrogens with one attached hydrogen (secondary N) is 1. The topological polar surface area (TPSA) is 73.1 Å². The van der Waals surface area contributed by atoms with Crippen LogP contribution in [0.5, 0.6) is 0 Å². The van der Waals surface area contributed by atoms with Gasteiger partial charge in [-0.2, -0.15) is 0 Å². The molecule has 18 heteroatoms. The Kier molecular flexibility index (Phi) is 43.9. The molecular weight excluding hydrogens is 1280 g/mol. The molecule has 2 bridgehead atoms. The van der Waals surface area contributed by atoms with E-state index in [4.69, 9.17) is 4.74 Å². The highest BCUT2D eigenvalue weighted by molar-refractivity contribution is 5.02. The number of likely N-dealkylation sites (tertiary alicyclic amines) is 2. The fraction of sp³-hybridized carbons (Fsp3) is 1.00. The predicted octanol–water partition coefficient (Wildman–Crippen LogP) is 11.2. The van der Waals surface area contributed by atoms with Crippen molar-refractivity contribution in [3.63, 3.8) is 0 Å². The molecule has 5 unspecified atom stereocenters. The molecular formula is C85H187N17O. The van der Waals surface area contributed by atoms with Crippen molar-refractivity contribution in [3.8, 4) is 0 Å². The van der Waals surface area contributed by atoms with Gasteiger partial charge < -0.3 is 54.2 Å². The smallest absolute Gasteiger partial charge is 0.0594 e. The summed E-state index contributed by atoms with van der Waals surface area (Å²) < 4.78 is 5.25. The number of piperazine rings is 6. The molecule has 0 aromatic carbocycles. The Balaban J connectivity index is 0.000000580. The zero-order valence-electron chi connectivity index (χ0n) is 77.1. The minimum atomic E-state index is 0.260. The average Bonchev–Trinajstić information content (AvgIpc) is 1.63. The summed E-state index contributed by atoms with van der Waals surface area (Å²) in [7, 11) is 21.6. The number of morpholine rings is 1. The molecule has 9 aliphatic heterocycles. The first kappa shape index (κ1) is 100. The lowest BCUT2D eigenvalue weighted by molar-refractivity contribution is -0.00389. The van der Waals surface area contributed by atoms with E-state index in [1.165, 1.54) is 157 Å². The first-order valence-corrected chi connectivity index (χ1v) is 41.5. The molecule has 1 N–H and O–H groups in total. The van der Waals surface area contributed by atoms with E-state index in [-0.39, 0.29) is 5.54 Å². The second-order valence-electron chi connectivity index (χ2n) is 42.4. The predicted molar refractivity (Wildman–Crippen MR) is 456 cm³/mol. The van der Waals surface area contributed by atoms with E-state index < -0.39 is 0 Å². The largest absolute Gasteiger partial charge is 0.379 e. The summed E-state index contributed by atoms with van der Waals surface area (Å²) in [6.45, 7) is 101. The van der Waals surface area contributed by atoms with E-state index in [1.807, 2.05) is 0 Å². The van der Waals surface area contributed by atoms with Crippen molar-refractivity contribution in [3.05, 3.63) is 0 Å². The van der Waals surface area contributed by atoms with Crippen molar-refractivity contribution >= 4 is 0 Å². The van der Waals surface area contributed by atoms with Gasteiger partial charge in [0.25, 0.3) is 0 Å². The number of ether oxygens (including phenoxy) is 1. The van der Waals surface area contributed by atoms with Gasteiger partial charge >= 0.3 is 0 Å². The average molecular weight is 1460 g/mol. The van der Waals surface area contributed by atoms with Gasteiger partial charge in [-0.3, -0.25) is 34.3 Å². The second kappa shape index (κ2) is 45.1. The molecule has 0 radical (unpaired) electrons. The van der Waals surface area contributed by atoms with E-state index in [1.54, 1.807) is 0 Å². The van der Waals surface area contributed by atoms with E-state index in [2.05, 4.69) is 355 Å². The Morgan fingerprint density at radius 2 is 0.816 bits per heavy atom. The van der Waals surface area contributed by atoms with E-state index in [9.17, 15) is 0 Å². The molecule has 0 aromatic rings. The van der Waals surface area contributed by atoms with Crippen LogP contribution in [-0.4, -0.2) is 413 Å². The first-order valence-electron chi connectivity index (χ1n) is 41.5. The maximum Gasteiger partial charge on any atom is 0.0594 e. The van der Waals surface area contributed by atoms with Crippen molar-refractivity contribution < 1.29 is 4.74 Å². The van der Waals surface area contributed by atoms with Crippen LogP contribution in [0.15, 0.2) is 0 Å². The standard InChI is InChI=1S/C11H22N2.C10H20N2.3C10H22N2.C9H20N2.C9H22N2.C8H20N2.C8H17NO/c1-11(2,3)13-8-7-12-6-4-5-10(12)9-13;1-10(2,3)12-7-8-5-9(12)6-11(8)4;1-9-8-12(10(2,3)4)7-6-11(9)5;1-9-8-11(5)6-7-12(9)10(2,3)4;1-10(2,3)9-12-7-5-11(4)6-8-12;1-9(2,3)11-7-5-10(4)6-8-11;1-9(2,3)11(6)8-7-10(4)5;1-8(2,3)9-6-7-10(4)5;1-8(2,3)9-4-6-10-7-5-9/h10H,4-9H2,1-3H3;8-9H,5-7H2,1-4H3;2*9H,6-8H2,1-5H3;5-9H2,1-4H3;5-8H2,1-4H3;7-8H2,1-6H3;9H,6-7H2,1-5H3;4-7H2,1-3H3. The minimum absolute atomic E-state index is 0.260. The minimum Gasteiger partial charge on any atom is -0.379 e. The molecule has 9 aliphatic rings. The number of hydrogen-bond acceptors (Lipinski definition) is 18. The SMILES string of the molecule is CC(C)(C)N1CCN2CCCC2C1.CC(C)(C)N1CCOCC1.CC1CN(C(C)(C)C)CCN1C.CC1CN(C)CCN1C(C)(C)C.CN(C)CCN(C)C(C)(C)C.CN(C)CCNC(C)(C)C.CN1CC2CC1CN2C(C)(C)C.CN1CCN(C(C)(C)C)CC1.CN1CCN(CC(C)(C)C)CC1. The number of nitrogens with zero attached hydrogens (tertiary/aromatic N) is 16. The summed E-state index contributed by atoms with van der Waals surface area (Å²) in [6, 6.07) is 3.95. The van der Waals surface area contributed by atoms with Crippen LogP contribution in [-0.2, 0) is 4.74 Å². The molecule has 103 heavy (non-hydrogen) atoms. The Morgan fingerprint density at radius 3 is 1.20 bits per heavy atom. The zero-order chi connectivity index (χ0) is 79.7. The van der Waals surface area contributed by atoms with Gasteiger partial charge in [0.1, 0.15) is 0 Å². The van der Waals surface area contributed by atoms with Gasteiger partial charge in [-0.15, -0.1) is 0 Å². The molecule has 0 aliphatic carbocycles.